The molecule has 7 heteroatoms. The van der Waals surface area contributed by atoms with Gasteiger partial charge in [-0.2, -0.15) is 5.10 Å². The van der Waals surface area contributed by atoms with E-state index in [0.29, 0.717) is 11.6 Å². The zero-order valence-corrected chi connectivity index (χ0v) is 15.7. The lowest BCUT2D eigenvalue weighted by atomic mass is 10.2. The quantitative estimate of drug-likeness (QED) is 0.638. The van der Waals surface area contributed by atoms with E-state index in [2.05, 4.69) is 10.4 Å². The summed E-state index contributed by atoms with van der Waals surface area (Å²) in [7, 11) is 0. The fraction of sp³-hybridized carbons (Fsp3) is 0.190. The molecule has 144 valence electrons. The fourth-order valence-corrected chi connectivity index (χ4v) is 2.58. The summed E-state index contributed by atoms with van der Waals surface area (Å²) < 4.78 is 12.0. The Bertz CT molecular complexity index is 967. The van der Waals surface area contributed by atoms with Crippen molar-refractivity contribution in [2.75, 3.05) is 18.5 Å². The predicted octanol–water partition coefficient (Wildman–Crippen LogP) is 3.05. The second-order valence-corrected chi connectivity index (χ2v) is 6.18. The Kier molecular flexibility index (Phi) is 6.06. The van der Waals surface area contributed by atoms with E-state index in [4.69, 9.17) is 9.47 Å². The molecule has 0 atom stereocenters. The van der Waals surface area contributed by atoms with Gasteiger partial charge >= 0.3 is 5.97 Å². The molecule has 1 aromatic heterocycles. The molecule has 1 N–H and O–H groups in total. The van der Waals surface area contributed by atoms with Crippen LogP contribution in [-0.2, 0) is 14.3 Å². The van der Waals surface area contributed by atoms with Gasteiger partial charge in [0.25, 0.3) is 5.91 Å². The maximum atomic E-state index is 12.2. The second-order valence-electron chi connectivity index (χ2n) is 6.18. The molecule has 7 nitrogen and oxygen atoms in total. The molecule has 0 fully saturated rings. The number of nitrogens with zero attached hydrogens (tertiary/aromatic N) is 2. The third-order valence-electron chi connectivity index (χ3n) is 3.90. The highest BCUT2D eigenvalue weighted by atomic mass is 16.6. The standard InChI is InChI=1S/C21H21N3O4/c1-15-8-6-7-11-18(15)27-14-21(26)28-13-20(25)22-19-12-16(2)23-24(19)17-9-4-3-5-10-17/h3-12H,13-14H2,1-2H3,(H,22,25). The maximum Gasteiger partial charge on any atom is 0.344 e. The SMILES string of the molecule is Cc1cc(NC(=O)COC(=O)COc2ccccc2C)n(-c2ccccc2)n1. The molecule has 0 aliphatic rings. The van der Waals surface area contributed by atoms with Gasteiger partial charge in [0, 0.05) is 6.07 Å². The number of hydrogen-bond donors (Lipinski definition) is 1. The van der Waals surface area contributed by atoms with E-state index in [-0.39, 0.29) is 6.61 Å². The number of carbonyl (C=O) groups is 2. The highest BCUT2D eigenvalue weighted by Gasteiger charge is 2.13. The number of amides is 1. The minimum Gasteiger partial charge on any atom is -0.482 e. The van der Waals surface area contributed by atoms with Crippen LogP contribution in [0.3, 0.4) is 0 Å². The van der Waals surface area contributed by atoms with Crippen LogP contribution in [0.4, 0.5) is 5.82 Å². The molecule has 0 spiro atoms. The summed E-state index contributed by atoms with van der Waals surface area (Å²) in [5.41, 5.74) is 2.48. The first-order valence-electron chi connectivity index (χ1n) is 8.79. The van der Waals surface area contributed by atoms with Crippen LogP contribution in [0, 0.1) is 13.8 Å². The topological polar surface area (TPSA) is 82.5 Å². The molecular weight excluding hydrogens is 358 g/mol. The lowest BCUT2D eigenvalue weighted by molar-refractivity contribution is -0.149. The Morgan fingerprint density at radius 3 is 2.46 bits per heavy atom. The lowest BCUT2D eigenvalue weighted by Crippen LogP contribution is -2.24. The molecule has 0 bridgehead atoms. The summed E-state index contributed by atoms with van der Waals surface area (Å²) in [5, 5.41) is 7.09. The van der Waals surface area contributed by atoms with Crippen LogP contribution in [0.2, 0.25) is 0 Å². The van der Waals surface area contributed by atoms with Gasteiger partial charge < -0.3 is 14.8 Å². The first-order valence-corrected chi connectivity index (χ1v) is 8.79. The summed E-state index contributed by atoms with van der Waals surface area (Å²) in [6.45, 7) is 3.04. The van der Waals surface area contributed by atoms with Crippen LogP contribution in [0.5, 0.6) is 5.75 Å². The summed E-state index contributed by atoms with van der Waals surface area (Å²) in [5.74, 6) is 0.0273. The molecular formula is C21H21N3O4. The molecule has 0 saturated heterocycles. The number of hydrogen-bond acceptors (Lipinski definition) is 5. The van der Waals surface area contributed by atoms with Gasteiger partial charge in [-0.05, 0) is 37.6 Å². The number of aromatic nitrogens is 2. The number of ether oxygens (including phenoxy) is 2. The number of rotatable bonds is 7. The molecule has 2 aromatic carbocycles. The van der Waals surface area contributed by atoms with Gasteiger partial charge in [0.05, 0.1) is 11.4 Å². The normalized spacial score (nSPS) is 10.4. The van der Waals surface area contributed by atoms with E-state index < -0.39 is 18.5 Å². The molecule has 28 heavy (non-hydrogen) atoms. The Morgan fingerprint density at radius 1 is 1.00 bits per heavy atom. The van der Waals surface area contributed by atoms with Gasteiger partial charge in [0.1, 0.15) is 11.6 Å². The fourth-order valence-electron chi connectivity index (χ4n) is 2.58. The largest absolute Gasteiger partial charge is 0.482 e. The number of carbonyl (C=O) groups excluding carboxylic acids is 2. The van der Waals surface area contributed by atoms with Crippen molar-refractivity contribution in [1.82, 2.24) is 9.78 Å². The van der Waals surface area contributed by atoms with Crippen molar-refractivity contribution in [3.8, 4) is 11.4 Å². The zero-order chi connectivity index (χ0) is 19.9. The molecule has 0 unspecified atom stereocenters. The average molecular weight is 379 g/mol. The van der Waals surface area contributed by atoms with Gasteiger partial charge in [-0.1, -0.05) is 36.4 Å². The van der Waals surface area contributed by atoms with E-state index in [1.54, 1.807) is 16.8 Å². The molecule has 0 aliphatic heterocycles. The Hall–Kier alpha value is -3.61. The first kappa shape index (κ1) is 19.2. The number of aryl methyl sites for hydroxylation is 2. The van der Waals surface area contributed by atoms with E-state index in [1.807, 2.05) is 62.4 Å². The number of nitrogens with one attached hydrogen (secondary N) is 1. The summed E-state index contributed by atoms with van der Waals surface area (Å²) in [6, 6.07) is 18.5. The minimum absolute atomic E-state index is 0.265. The van der Waals surface area contributed by atoms with Gasteiger partial charge in [0.15, 0.2) is 13.2 Å². The van der Waals surface area contributed by atoms with Gasteiger partial charge in [0.2, 0.25) is 0 Å². The van der Waals surface area contributed by atoms with Crippen LogP contribution >= 0.6 is 0 Å². The van der Waals surface area contributed by atoms with E-state index in [0.717, 1.165) is 16.9 Å². The first-order chi connectivity index (χ1) is 13.5. The molecule has 1 amide bonds. The predicted molar refractivity (Wildman–Crippen MR) is 105 cm³/mol. The van der Waals surface area contributed by atoms with E-state index in [9.17, 15) is 9.59 Å². The number of para-hydroxylation sites is 2. The Labute approximate surface area is 162 Å². The number of benzene rings is 2. The molecule has 0 saturated carbocycles. The second kappa shape index (κ2) is 8.85. The van der Waals surface area contributed by atoms with Crippen molar-refractivity contribution in [3.05, 3.63) is 71.9 Å². The van der Waals surface area contributed by atoms with Crippen molar-refractivity contribution < 1.29 is 19.1 Å². The molecule has 3 rings (SSSR count). The van der Waals surface area contributed by atoms with Crippen LogP contribution in [0.1, 0.15) is 11.3 Å². The minimum atomic E-state index is -0.619. The smallest absolute Gasteiger partial charge is 0.344 e. The van der Waals surface area contributed by atoms with Crippen molar-refractivity contribution >= 4 is 17.7 Å². The van der Waals surface area contributed by atoms with Crippen LogP contribution < -0.4 is 10.1 Å². The maximum absolute atomic E-state index is 12.2. The molecule has 3 aromatic rings. The highest BCUT2D eigenvalue weighted by Crippen LogP contribution is 2.17. The molecule has 0 radical (unpaired) electrons. The van der Waals surface area contributed by atoms with Gasteiger partial charge in [-0.15, -0.1) is 0 Å². The van der Waals surface area contributed by atoms with Crippen molar-refractivity contribution in [1.29, 1.82) is 0 Å². The van der Waals surface area contributed by atoms with Crippen LogP contribution in [0.25, 0.3) is 5.69 Å². The van der Waals surface area contributed by atoms with Crippen LogP contribution in [-0.4, -0.2) is 34.9 Å². The summed E-state index contributed by atoms with van der Waals surface area (Å²) >= 11 is 0. The van der Waals surface area contributed by atoms with E-state index >= 15 is 0 Å². The summed E-state index contributed by atoms with van der Waals surface area (Å²) in [6.07, 6.45) is 0. The Balaban J connectivity index is 1.52. The Morgan fingerprint density at radius 2 is 1.71 bits per heavy atom. The van der Waals surface area contributed by atoms with Crippen molar-refractivity contribution in [3.63, 3.8) is 0 Å². The van der Waals surface area contributed by atoms with E-state index in [1.165, 1.54) is 0 Å². The zero-order valence-electron chi connectivity index (χ0n) is 15.7. The monoisotopic (exact) mass is 379 g/mol. The van der Waals surface area contributed by atoms with Crippen molar-refractivity contribution in [2.45, 2.75) is 13.8 Å². The van der Waals surface area contributed by atoms with Gasteiger partial charge in [-0.3, -0.25) is 4.79 Å². The number of esters is 1. The molecule has 0 aliphatic carbocycles. The highest BCUT2D eigenvalue weighted by molar-refractivity contribution is 5.92. The van der Waals surface area contributed by atoms with Crippen LogP contribution in [0.15, 0.2) is 60.7 Å². The lowest BCUT2D eigenvalue weighted by Gasteiger charge is -2.10. The van der Waals surface area contributed by atoms with Crippen molar-refractivity contribution in [2.24, 2.45) is 0 Å². The van der Waals surface area contributed by atoms with Gasteiger partial charge in [-0.25, -0.2) is 9.48 Å². The number of anilines is 1. The molecule has 1 heterocycles. The average Bonchev–Trinajstić information content (AvgIpc) is 3.06. The third kappa shape index (κ3) is 4.97. The third-order valence-corrected chi connectivity index (χ3v) is 3.90. The summed E-state index contributed by atoms with van der Waals surface area (Å²) in [4.78, 5) is 24.0.